The number of ether oxygens (including phenoxy) is 2. The molecule has 1 amide bonds. The van der Waals surface area contributed by atoms with Crippen LogP contribution < -0.4 is 0 Å². The van der Waals surface area contributed by atoms with E-state index in [1.54, 1.807) is 4.90 Å². The second-order valence-electron chi connectivity index (χ2n) is 6.71. The lowest BCUT2D eigenvalue weighted by Gasteiger charge is -2.30. The molecular formula is C18H23NO5S2. The summed E-state index contributed by atoms with van der Waals surface area (Å²) in [5.41, 5.74) is 1.24. The lowest BCUT2D eigenvalue weighted by atomic mass is 9.90. The van der Waals surface area contributed by atoms with Gasteiger partial charge in [-0.05, 0) is 36.8 Å². The largest absolute Gasteiger partial charge is 0.468 e. The number of carbonyl (C=O) groups is 3. The smallest absolute Gasteiger partial charge is 0.348 e. The molecule has 142 valence electrons. The van der Waals surface area contributed by atoms with Crippen molar-refractivity contribution >= 4 is 40.9 Å². The Morgan fingerprint density at radius 3 is 2.92 bits per heavy atom. The lowest BCUT2D eigenvalue weighted by molar-refractivity contribution is -0.141. The summed E-state index contributed by atoms with van der Waals surface area (Å²) in [6.07, 6.45) is 3.15. The van der Waals surface area contributed by atoms with Crippen LogP contribution in [0.25, 0.3) is 0 Å². The summed E-state index contributed by atoms with van der Waals surface area (Å²) in [7, 11) is 1.34. The molecule has 0 saturated carbocycles. The minimum Gasteiger partial charge on any atom is -0.468 e. The van der Waals surface area contributed by atoms with Gasteiger partial charge in [0.1, 0.15) is 10.1 Å². The molecule has 0 spiro atoms. The van der Waals surface area contributed by atoms with Gasteiger partial charge in [-0.3, -0.25) is 9.59 Å². The maximum absolute atomic E-state index is 12.3. The number of nitrogens with zero attached hydrogens (tertiary/aromatic N) is 1. The van der Waals surface area contributed by atoms with Crippen LogP contribution in [0.4, 0.5) is 0 Å². The predicted octanol–water partition coefficient (Wildman–Crippen LogP) is 2.15. The molecule has 1 aromatic rings. The standard InChI is InChI=1S/C18H23NO5S2/c1-11-3-4-13-12(7-11)8-14(26-13)18(22)24-10-16(20)19-5-6-25-15(9-19)17(21)23-2/h8,11,15H,3-7,9-10H2,1-2H3/t11-,15-/m1/s1. The molecule has 8 heteroatoms. The Hall–Kier alpha value is -1.54. The molecule has 2 heterocycles. The van der Waals surface area contributed by atoms with Crippen LogP contribution in [0.3, 0.4) is 0 Å². The quantitative estimate of drug-likeness (QED) is 0.725. The Bertz CT molecular complexity index is 702. The monoisotopic (exact) mass is 397 g/mol. The molecule has 26 heavy (non-hydrogen) atoms. The highest BCUT2D eigenvalue weighted by Gasteiger charge is 2.30. The molecule has 0 radical (unpaired) electrons. The van der Waals surface area contributed by atoms with E-state index in [1.807, 2.05) is 6.07 Å². The van der Waals surface area contributed by atoms with Crippen LogP contribution in [0.1, 0.15) is 33.5 Å². The highest BCUT2D eigenvalue weighted by atomic mass is 32.2. The van der Waals surface area contributed by atoms with Crippen molar-refractivity contribution in [3.05, 3.63) is 21.4 Å². The maximum atomic E-state index is 12.3. The SMILES string of the molecule is COC(=O)[C@H]1CN(C(=O)COC(=O)c2cc3c(s2)CC[C@@H](C)C3)CCS1. The first-order valence-electron chi connectivity index (χ1n) is 8.74. The third-order valence-electron chi connectivity index (χ3n) is 4.74. The van der Waals surface area contributed by atoms with Crippen molar-refractivity contribution in [3.63, 3.8) is 0 Å². The molecule has 1 aliphatic carbocycles. The molecule has 6 nitrogen and oxygen atoms in total. The zero-order valence-electron chi connectivity index (χ0n) is 15.0. The van der Waals surface area contributed by atoms with Crippen LogP contribution in [0.5, 0.6) is 0 Å². The van der Waals surface area contributed by atoms with Gasteiger partial charge >= 0.3 is 11.9 Å². The minimum absolute atomic E-state index is 0.275. The van der Waals surface area contributed by atoms with Gasteiger partial charge in [0.2, 0.25) is 0 Å². The van der Waals surface area contributed by atoms with E-state index in [0.29, 0.717) is 29.6 Å². The van der Waals surface area contributed by atoms with Crippen molar-refractivity contribution in [2.24, 2.45) is 5.92 Å². The second-order valence-corrected chi connectivity index (χ2v) is 9.15. The fourth-order valence-electron chi connectivity index (χ4n) is 3.25. The van der Waals surface area contributed by atoms with Crippen LogP contribution in [-0.2, 0) is 31.9 Å². The fraction of sp³-hybridized carbons (Fsp3) is 0.611. The number of carbonyl (C=O) groups excluding carboxylic acids is 3. The summed E-state index contributed by atoms with van der Waals surface area (Å²) in [5.74, 6) is 0.254. The summed E-state index contributed by atoms with van der Waals surface area (Å²) >= 11 is 2.96. The summed E-state index contributed by atoms with van der Waals surface area (Å²) in [4.78, 5) is 39.6. The Morgan fingerprint density at radius 2 is 2.15 bits per heavy atom. The number of hydrogen-bond acceptors (Lipinski definition) is 7. The molecular weight excluding hydrogens is 374 g/mol. The Kier molecular flexibility index (Phi) is 6.24. The average molecular weight is 398 g/mol. The molecule has 1 aliphatic heterocycles. The molecule has 0 unspecified atom stereocenters. The van der Waals surface area contributed by atoms with Gasteiger partial charge in [-0.25, -0.2) is 4.79 Å². The molecule has 1 aromatic heterocycles. The number of thiophene rings is 1. The number of rotatable bonds is 4. The average Bonchev–Trinajstić information content (AvgIpc) is 3.08. The van der Waals surface area contributed by atoms with Crippen LogP contribution in [0.15, 0.2) is 6.07 Å². The van der Waals surface area contributed by atoms with Crippen molar-refractivity contribution in [1.29, 1.82) is 0 Å². The Labute approximate surface area is 161 Å². The highest BCUT2D eigenvalue weighted by molar-refractivity contribution is 8.00. The number of thioether (sulfide) groups is 1. The van der Waals surface area contributed by atoms with Crippen LogP contribution in [0, 0.1) is 5.92 Å². The van der Waals surface area contributed by atoms with Gasteiger partial charge in [-0.2, -0.15) is 0 Å². The molecule has 0 N–H and O–H groups in total. The molecule has 3 rings (SSSR count). The van der Waals surface area contributed by atoms with E-state index in [4.69, 9.17) is 9.47 Å². The van der Waals surface area contributed by atoms with E-state index in [1.165, 1.54) is 40.6 Å². The van der Waals surface area contributed by atoms with Gasteiger partial charge in [-0.1, -0.05) is 6.92 Å². The van der Waals surface area contributed by atoms with Gasteiger partial charge in [0.05, 0.1) is 7.11 Å². The number of esters is 2. The molecule has 0 aromatic carbocycles. The van der Waals surface area contributed by atoms with Gasteiger partial charge in [0.25, 0.3) is 5.91 Å². The molecule has 1 saturated heterocycles. The van der Waals surface area contributed by atoms with Crippen molar-refractivity contribution in [2.75, 3.05) is 32.6 Å². The summed E-state index contributed by atoms with van der Waals surface area (Å²) in [6.45, 7) is 2.75. The first-order valence-corrected chi connectivity index (χ1v) is 10.6. The van der Waals surface area contributed by atoms with E-state index in [2.05, 4.69) is 6.92 Å². The summed E-state index contributed by atoms with van der Waals surface area (Å²) < 4.78 is 9.97. The van der Waals surface area contributed by atoms with E-state index >= 15 is 0 Å². The van der Waals surface area contributed by atoms with Crippen molar-refractivity contribution in [1.82, 2.24) is 4.90 Å². The van der Waals surface area contributed by atoms with E-state index in [9.17, 15) is 14.4 Å². The first kappa shape index (κ1) is 19.2. The van der Waals surface area contributed by atoms with Gasteiger partial charge in [-0.15, -0.1) is 23.1 Å². The summed E-state index contributed by atoms with van der Waals surface area (Å²) in [6, 6.07) is 1.91. The van der Waals surface area contributed by atoms with E-state index < -0.39 is 5.97 Å². The number of fused-ring (bicyclic) bond motifs is 1. The molecule has 1 fully saturated rings. The topological polar surface area (TPSA) is 72.9 Å². The van der Waals surface area contributed by atoms with Crippen molar-refractivity contribution in [3.8, 4) is 0 Å². The van der Waals surface area contributed by atoms with Gasteiger partial charge < -0.3 is 14.4 Å². The Balaban J connectivity index is 1.53. The third kappa shape index (κ3) is 4.40. The third-order valence-corrected chi connectivity index (χ3v) is 7.12. The van der Waals surface area contributed by atoms with E-state index in [0.717, 1.165) is 19.3 Å². The first-order chi connectivity index (χ1) is 12.5. The zero-order valence-corrected chi connectivity index (χ0v) is 16.6. The Morgan fingerprint density at radius 1 is 1.35 bits per heavy atom. The number of amides is 1. The molecule has 0 bridgehead atoms. The fourth-order valence-corrected chi connectivity index (χ4v) is 5.48. The number of aryl methyl sites for hydroxylation is 1. The van der Waals surface area contributed by atoms with Gasteiger partial charge in [0.15, 0.2) is 6.61 Å². The van der Waals surface area contributed by atoms with Crippen LogP contribution in [-0.4, -0.2) is 60.6 Å². The summed E-state index contributed by atoms with van der Waals surface area (Å²) in [5, 5.41) is -0.376. The molecule has 2 aliphatic rings. The van der Waals surface area contributed by atoms with Crippen LogP contribution >= 0.6 is 23.1 Å². The normalized spacial score (nSPS) is 22.5. The van der Waals surface area contributed by atoms with Crippen LogP contribution in [0.2, 0.25) is 0 Å². The number of hydrogen-bond donors (Lipinski definition) is 0. The molecule has 2 atom stereocenters. The minimum atomic E-state index is -0.443. The lowest BCUT2D eigenvalue weighted by Crippen LogP contribution is -2.46. The zero-order chi connectivity index (χ0) is 18.7. The van der Waals surface area contributed by atoms with Gasteiger partial charge in [0, 0.05) is 23.7 Å². The van der Waals surface area contributed by atoms with Crippen molar-refractivity contribution in [2.45, 2.75) is 31.4 Å². The second kappa shape index (κ2) is 8.43. The highest BCUT2D eigenvalue weighted by Crippen LogP contribution is 2.32. The van der Waals surface area contributed by atoms with Crippen molar-refractivity contribution < 1.29 is 23.9 Å². The number of methoxy groups -OCH3 is 1. The predicted molar refractivity (Wildman–Crippen MR) is 101 cm³/mol. The van der Waals surface area contributed by atoms with E-state index in [-0.39, 0.29) is 23.7 Å². The maximum Gasteiger partial charge on any atom is 0.348 e.